The second kappa shape index (κ2) is 5.50. The van der Waals surface area contributed by atoms with Gasteiger partial charge in [0.2, 0.25) is 0 Å². The maximum absolute atomic E-state index is 12.8. The summed E-state index contributed by atoms with van der Waals surface area (Å²) in [6, 6.07) is -0.549. The van der Waals surface area contributed by atoms with Crippen LogP contribution in [0.15, 0.2) is 0 Å². The van der Waals surface area contributed by atoms with E-state index >= 15 is 0 Å². The van der Waals surface area contributed by atoms with Gasteiger partial charge in [-0.15, -0.1) is 0 Å². The van der Waals surface area contributed by atoms with Crippen molar-refractivity contribution < 1.29 is 14.7 Å². The van der Waals surface area contributed by atoms with Crippen molar-refractivity contribution in [3.05, 3.63) is 0 Å². The predicted molar refractivity (Wildman–Crippen MR) is 78.9 cm³/mol. The van der Waals surface area contributed by atoms with Crippen molar-refractivity contribution in [2.75, 3.05) is 13.6 Å². The molecule has 0 aromatic heterocycles. The Morgan fingerprint density at radius 1 is 1.24 bits per heavy atom. The third-order valence-corrected chi connectivity index (χ3v) is 5.71. The molecule has 1 heterocycles. The summed E-state index contributed by atoms with van der Waals surface area (Å²) in [5.74, 6) is 0.853. The van der Waals surface area contributed by atoms with E-state index in [1.54, 1.807) is 9.80 Å². The summed E-state index contributed by atoms with van der Waals surface area (Å²) in [6.07, 6.45) is 6.15. The van der Waals surface area contributed by atoms with E-state index in [1.807, 2.05) is 7.05 Å². The van der Waals surface area contributed by atoms with Gasteiger partial charge >= 0.3 is 12.0 Å². The van der Waals surface area contributed by atoms with Gasteiger partial charge in [-0.05, 0) is 43.4 Å². The van der Waals surface area contributed by atoms with E-state index in [-0.39, 0.29) is 12.1 Å². The van der Waals surface area contributed by atoms with Crippen molar-refractivity contribution in [2.24, 2.45) is 17.8 Å². The molecule has 1 aliphatic heterocycles. The number of fused-ring (bicyclic) bond motifs is 1. The number of amides is 2. The number of nitrogens with zero attached hydrogens (tertiary/aromatic N) is 2. The molecule has 0 radical (unpaired) electrons. The van der Waals surface area contributed by atoms with Crippen molar-refractivity contribution >= 4 is 12.0 Å². The molecule has 2 amide bonds. The molecule has 5 unspecified atom stereocenters. The SMILES string of the molecule is CC1CC1CN(C)C(=O)N1C(C(=O)O)CC2CCCCC21. The predicted octanol–water partition coefficient (Wildman–Crippen LogP) is 2.41. The molecule has 1 saturated heterocycles. The van der Waals surface area contributed by atoms with Gasteiger partial charge in [0.15, 0.2) is 0 Å². The number of carbonyl (C=O) groups is 2. The molecular weight excluding hydrogens is 268 g/mol. The number of rotatable bonds is 3. The maximum Gasteiger partial charge on any atom is 0.326 e. The van der Waals surface area contributed by atoms with Gasteiger partial charge in [0.25, 0.3) is 0 Å². The van der Waals surface area contributed by atoms with Crippen LogP contribution in [0.5, 0.6) is 0 Å². The summed E-state index contributed by atoms with van der Waals surface area (Å²) >= 11 is 0. The standard InChI is InChI=1S/C16H26N2O3/c1-10-7-12(10)9-17(2)16(21)18-13-6-4-3-5-11(13)8-14(18)15(19)20/h10-14H,3-9H2,1-2H3,(H,19,20). The molecule has 0 bridgehead atoms. The Morgan fingerprint density at radius 2 is 1.90 bits per heavy atom. The Balaban J connectivity index is 1.72. The van der Waals surface area contributed by atoms with Crippen molar-refractivity contribution in [3.63, 3.8) is 0 Å². The van der Waals surface area contributed by atoms with Crippen molar-refractivity contribution in [3.8, 4) is 0 Å². The monoisotopic (exact) mass is 294 g/mol. The zero-order valence-corrected chi connectivity index (χ0v) is 13.0. The van der Waals surface area contributed by atoms with Gasteiger partial charge in [0.05, 0.1) is 0 Å². The lowest BCUT2D eigenvalue weighted by molar-refractivity contribution is -0.141. The van der Waals surface area contributed by atoms with E-state index < -0.39 is 12.0 Å². The third kappa shape index (κ3) is 2.74. The van der Waals surface area contributed by atoms with Crippen LogP contribution < -0.4 is 0 Å². The number of hydrogen-bond donors (Lipinski definition) is 1. The van der Waals surface area contributed by atoms with Gasteiger partial charge in [-0.2, -0.15) is 0 Å². The van der Waals surface area contributed by atoms with Crippen LogP contribution in [-0.2, 0) is 4.79 Å². The third-order valence-electron chi connectivity index (χ3n) is 5.71. The number of aliphatic carboxylic acids is 1. The molecule has 2 aliphatic carbocycles. The fraction of sp³-hybridized carbons (Fsp3) is 0.875. The van der Waals surface area contributed by atoms with E-state index in [9.17, 15) is 14.7 Å². The molecule has 3 aliphatic rings. The van der Waals surface area contributed by atoms with E-state index in [4.69, 9.17) is 0 Å². The highest BCUT2D eigenvalue weighted by Gasteiger charge is 2.48. The van der Waals surface area contributed by atoms with Crippen LogP contribution in [0.3, 0.4) is 0 Å². The Labute approximate surface area is 126 Å². The molecule has 1 N–H and O–H groups in total. The van der Waals surface area contributed by atoms with E-state index in [0.717, 1.165) is 25.8 Å². The van der Waals surface area contributed by atoms with Gasteiger partial charge in [-0.1, -0.05) is 19.8 Å². The van der Waals surface area contributed by atoms with Crippen LogP contribution in [0, 0.1) is 17.8 Å². The van der Waals surface area contributed by atoms with Crippen LogP contribution in [0.2, 0.25) is 0 Å². The smallest absolute Gasteiger partial charge is 0.326 e. The van der Waals surface area contributed by atoms with Gasteiger partial charge < -0.3 is 14.9 Å². The summed E-state index contributed by atoms with van der Waals surface area (Å²) in [4.78, 5) is 27.8. The molecule has 5 heteroatoms. The minimum Gasteiger partial charge on any atom is -0.480 e. The summed E-state index contributed by atoms with van der Waals surface area (Å²) in [5.41, 5.74) is 0. The molecule has 0 aromatic rings. The van der Waals surface area contributed by atoms with E-state index in [2.05, 4.69) is 6.92 Å². The van der Waals surface area contributed by atoms with Crippen LogP contribution >= 0.6 is 0 Å². The molecule has 0 spiro atoms. The first-order valence-electron chi connectivity index (χ1n) is 8.25. The van der Waals surface area contributed by atoms with Gasteiger partial charge in [0.1, 0.15) is 6.04 Å². The molecule has 118 valence electrons. The number of carboxylic acids is 1. The lowest BCUT2D eigenvalue weighted by atomic mass is 9.85. The van der Waals surface area contributed by atoms with Crippen molar-refractivity contribution in [2.45, 2.75) is 57.5 Å². The summed E-state index contributed by atoms with van der Waals surface area (Å²) in [7, 11) is 1.82. The Morgan fingerprint density at radius 3 is 2.52 bits per heavy atom. The summed E-state index contributed by atoms with van der Waals surface area (Å²) in [5, 5.41) is 9.49. The second-order valence-corrected chi connectivity index (χ2v) is 7.25. The van der Waals surface area contributed by atoms with Gasteiger partial charge in [-0.25, -0.2) is 9.59 Å². The first-order chi connectivity index (χ1) is 9.99. The maximum atomic E-state index is 12.8. The highest BCUT2D eigenvalue weighted by atomic mass is 16.4. The largest absolute Gasteiger partial charge is 0.480 e. The van der Waals surface area contributed by atoms with Gasteiger partial charge in [0, 0.05) is 19.6 Å². The van der Waals surface area contributed by atoms with Crippen LogP contribution in [0.4, 0.5) is 4.79 Å². The summed E-state index contributed by atoms with van der Waals surface area (Å²) in [6.45, 7) is 2.97. The minimum absolute atomic E-state index is 0.0732. The highest BCUT2D eigenvalue weighted by Crippen LogP contribution is 2.41. The minimum atomic E-state index is -0.842. The molecule has 2 saturated carbocycles. The highest BCUT2D eigenvalue weighted by molar-refractivity contribution is 5.83. The number of urea groups is 1. The van der Waals surface area contributed by atoms with E-state index in [0.29, 0.717) is 24.2 Å². The average Bonchev–Trinajstić information content (AvgIpc) is 3.01. The Bertz CT molecular complexity index is 439. The first kappa shape index (κ1) is 14.7. The Kier molecular flexibility index (Phi) is 3.84. The molecule has 3 fully saturated rings. The molecule has 5 atom stereocenters. The normalized spacial score (nSPS) is 38.0. The topological polar surface area (TPSA) is 60.9 Å². The number of likely N-dealkylation sites (tertiary alicyclic amines) is 1. The number of carboxylic acid groups (broad SMARTS) is 1. The van der Waals surface area contributed by atoms with Crippen molar-refractivity contribution in [1.82, 2.24) is 9.80 Å². The van der Waals surface area contributed by atoms with Gasteiger partial charge in [-0.3, -0.25) is 0 Å². The quantitative estimate of drug-likeness (QED) is 0.869. The lowest BCUT2D eigenvalue weighted by Crippen LogP contribution is -2.51. The van der Waals surface area contributed by atoms with Crippen LogP contribution in [0.25, 0.3) is 0 Å². The van der Waals surface area contributed by atoms with Crippen molar-refractivity contribution in [1.29, 1.82) is 0 Å². The second-order valence-electron chi connectivity index (χ2n) is 7.25. The lowest BCUT2D eigenvalue weighted by Gasteiger charge is -2.35. The average molecular weight is 294 g/mol. The molecule has 3 rings (SSSR count). The molecule has 5 nitrogen and oxygen atoms in total. The first-order valence-corrected chi connectivity index (χ1v) is 8.25. The number of hydrogen-bond acceptors (Lipinski definition) is 2. The Hall–Kier alpha value is -1.26. The zero-order valence-electron chi connectivity index (χ0n) is 13.0. The fourth-order valence-corrected chi connectivity index (χ4v) is 4.24. The zero-order chi connectivity index (χ0) is 15.1. The molecule has 0 aromatic carbocycles. The van der Waals surface area contributed by atoms with E-state index in [1.165, 1.54) is 12.8 Å². The number of carbonyl (C=O) groups excluding carboxylic acids is 1. The summed E-state index contributed by atoms with van der Waals surface area (Å²) < 4.78 is 0. The fourth-order valence-electron chi connectivity index (χ4n) is 4.24. The van der Waals surface area contributed by atoms with Crippen LogP contribution in [-0.4, -0.2) is 52.6 Å². The molecular formula is C16H26N2O3. The molecule has 21 heavy (non-hydrogen) atoms. The van der Waals surface area contributed by atoms with Crippen LogP contribution in [0.1, 0.15) is 45.4 Å².